The molecule has 51 heavy (non-hydrogen) atoms. The van der Waals surface area contributed by atoms with Crippen molar-refractivity contribution in [1.82, 2.24) is 4.90 Å². The number of carboxylic acids is 1. The number of carbonyl (C=O) groups is 3. The van der Waals surface area contributed by atoms with Crippen LogP contribution >= 0.6 is 0 Å². The molecule has 0 aromatic heterocycles. The normalized spacial score (nSPS) is 16.3. The zero-order valence-electron chi connectivity index (χ0n) is 27.5. The monoisotopic (exact) mass is 706 g/mol. The average Bonchev–Trinajstić information content (AvgIpc) is 3.65. The second kappa shape index (κ2) is 15.3. The summed E-state index contributed by atoms with van der Waals surface area (Å²) in [5, 5.41) is 9.90. The summed E-state index contributed by atoms with van der Waals surface area (Å²) in [6, 6.07) is 19.6. The lowest BCUT2D eigenvalue weighted by Gasteiger charge is -2.31. The molecule has 0 unspecified atom stereocenters. The van der Waals surface area contributed by atoms with Crippen molar-refractivity contribution in [3.8, 4) is 5.75 Å². The summed E-state index contributed by atoms with van der Waals surface area (Å²) in [7, 11) is 0. The molecular weight excluding hydrogens is 671 g/mol. The van der Waals surface area contributed by atoms with Gasteiger partial charge in [-0.05, 0) is 60.4 Å². The van der Waals surface area contributed by atoms with Gasteiger partial charge in [-0.15, -0.1) is 0 Å². The summed E-state index contributed by atoms with van der Waals surface area (Å²) in [4.78, 5) is 42.2. The highest BCUT2D eigenvalue weighted by atomic mass is 19.2. The van der Waals surface area contributed by atoms with Crippen LogP contribution in [0.5, 0.6) is 5.75 Å². The molecule has 1 saturated carbocycles. The molecule has 1 saturated heterocycles. The Morgan fingerprint density at radius 3 is 2.04 bits per heavy atom. The standard InChI is InChI=1S/C39H35F5N2O5/c40-32-31(33(41)35(43)36(44)34(32)42)38(48)45-19-7-12-29(45)37(47)46(21-23-13-15-26(16-14-23)25-10-5-2-6-11-25)27-17-18-28(39(49)50)30(20-27)51-22-24-8-3-1-4-9-24/h1,3-4,8-9,13-18,20,25,29H,2,5-7,10-12,19,21-22H2,(H,49,50)/t29-/m1/s1. The Morgan fingerprint density at radius 2 is 1.39 bits per heavy atom. The highest BCUT2D eigenvalue weighted by molar-refractivity contribution is 6.03. The van der Waals surface area contributed by atoms with E-state index < -0.39 is 58.5 Å². The van der Waals surface area contributed by atoms with Crippen LogP contribution in [0.25, 0.3) is 0 Å². The van der Waals surface area contributed by atoms with E-state index in [1.54, 1.807) is 24.3 Å². The van der Waals surface area contributed by atoms with Gasteiger partial charge in [-0.2, -0.15) is 0 Å². The first-order valence-corrected chi connectivity index (χ1v) is 16.8. The predicted molar refractivity (Wildman–Crippen MR) is 178 cm³/mol. The molecule has 0 bridgehead atoms. The van der Waals surface area contributed by atoms with Crippen molar-refractivity contribution in [3.63, 3.8) is 0 Å². The van der Waals surface area contributed by atoms with Crippen molar-refractivity contribution in [3.05, 3.63) is 130 Å². The number of carboxylic acid groups (broad SMARTS) is 1. The van der Waals surface area contributed by atoms with Gasteiger partial charge < -0.3 is 19.6 Å². The van der Waals surface area contributed by atoms with Crippen LogP contribution in [-0.2, 0) is 17.9 Å². The molecule has 2 fully saturated rings. The maximum atomic E-state index is 14.7. The minimum atomic E-state index is -2.40. The molecule has 7 nitrogen and oxygen atoms in total. The molecule has 0 radical (unpaired) electrons. The first-order valence-electron chi connectivity index (χ1n) is 16.8. The zero-order valence-corrected chi connectivity index (χ0v) is 27.5. The fourth-order valence-electron chi connectivity index (χ4n) is 6.90. The smallest absolute Gasteiger partial charge is 0.339 e. The summed E-state index contributed by atoms with van der Waals surface area (Å²) in [6.45, 7) is -0.203. The topological polar surface area (TPSA) is 87.2 Å². The number of amides is 2. The highest BCUT2D eigenvalue weighted by Gasteiger charge is 2.41. The Morgan fingerprint density at radius 1 is 0.745 bits per heavy atom. The molecule has 2 amide bonds. The lowest BCUT2D eigenvalue weighted by molar-refractivity contribution is -0.122. The maximum Gasteiger partial charge on any atom is 0.339 e. The molecule has 1 aliphatic heterocycles. The molecule has 0 spiro atoms. The Labute approximate surface area is 291 Å². The quantitative estimate of drug-likeness (QED) is 0.102. The lowest BCUT2D eigenvalue weighted by atomic mass is 9.84. The third-order valence-electron chi connectivity index (χ3n) is 9.63. The minimum absolute atomic E-state index is 0.0218. The van der Waals surface area contributed by atoms with Crippen LogP contribution in [0.1, 0.15) is 88.3 Å². The van der Waals surface area contributed by atoms with Crippen molar-refractivity contribution in [2.24, 2.45) is 0 Å². The number of anilines is 1. The number of nitrogens with zero attached hydrogens (tertiary/aromatic N) is 2. The average molecular weight is 707 g/mol. The van der Waals surface area contributed by atoms with Gasteiger partial charge in [0.2, 0.25) is 11.7 Å². The largest absolute Gasteiger partial charge is 0.488 e. The van der Waals surface area contributed by atoms with Crippen molar-refractivity contribution < 1.29 is 46.2 Å². The van der Waals surface area contributed by atoms with E-state index in [-0.39, 0.29) is 49.5 Å². The number of ether oxygens (including phenoxy) is 1. The number of benzene rings is 4. The molecule has 6 rings (SSSR count). The number of hydrogen-bond acceptors (Lipinski definition) is 4. The first kappa shape index (κ1) is 35.6. The number of aromatic carboxylic acids is 1. The summed E-state index contributed by atoms with van der Waals surface area (Å²) in [5.74, 6) is -14.6. The maximum absolute atomic E-state index is 14.7. The van der Waals surface area contributed by atoms with E-state index >= 15 is 0 Å². The number of rotatable bonds is 10. The Balaban J connectivity index is 1.36. The van der Waals surface area contributed by atoms with E-state index in [4.69, 9.17) is 4.74 Å². The SMILES string of the molecule is O=C(O)c1ccc(N(Cc2ccc(C3CCCCC3)cc2)C(=O)[C@H]2CCCN2C(=O)c2c(F)c(F)c(F)c(F)c2F)cc1OCc1ccccc1. The van der Waals surface area contributed by atoms with Crippen LogP contribution in [0.2, 0.25) is 0 Å². The molecule has 1 atom stereocenters. The Bertz CT molecular complexity index is 1900. The zero-order chi connectivity index (χ0) is 36.2. The molecule has 1 aliphatic carbocycles. The summed E-state index contributed by atoms with van der Waals surface area (Å²) < 4.78 is 77.3. The number of likely N-dealkylation sites (tertiary alicyclic amines) is 1. The highest BCUT2D eigenvalue weighted by Crippen LogP contribution is 2.35. The van der Waals surface area contributed by atoms with Crippen LogP contribution in [0.15, 0.2) is 72.8 Å². The van der Waals surface area contributed by atoms with E-state index in [0.717, 1.165) is 36.1 Å². The summed E-state index contributed by atoms with van der Waals surface area (Å²) in [6.07, 6.45) is 5.93. The minimum Gasteiger partial charge on any atom is -0.488 e. The third-order valence-corrected chi connectivity index (χ3v) is 9.63. The van der Waals surface area contributed by atoms with Gasteiger partial charge >= 0.3 is 5.97 Å². The molecule has 12 heteroatoms. The summed E-state index contributed by atoms with van der Waals surface area (Å²) in [5.41, 5.74) is 1.04. The number of halogens is 5. The molecule has 1 heterocycles. The van der Waals surface area contributed by atoms with Crippen LogP contribution < -0.4 is 9.64 Å². The van der Waals surface area contributed by atoms with Crippen LogP contribution in [0.3, 0.4) is 0 Å². The number of hydrogen-bond donors (Lipinski definition) is 1. The lowest BCUT2D eigenvalue weighted by Crippen LogP contribution is -2.48. The second-order valence-electron chi connectivity index (χ2n) is 12.9. The number of carbonyl (C=O) groups excluding carboxylic acids is 2. The van der Waals surface area contributed by atoms with Gasteiger partial charge in [0.25, 0.3) is 5.91 Å². The fourth-order valence-corrected chi connectivity index (χ4v) is 6.90. The molecular formula is C39H35F5N2O5. The van der Waals surface area contributed by atoms with Gasteiger partial charge in [-0.25, -0.2) is 26.7 Å². The molecule has 2 aliphatic rings. The van der Waals surface area contributed by atoms with Crippen LogP contribution in [-0.4, -0.2) is 40.4 Å². The molecule has 1 N–H and O–H groups in total. The van der Waals surface area contributed by atoms with Gasteiger partial charge in [0.05, 0.1) is 6.54 Å². The summed E-state index contributed by atoms with van der Waals surface area (Å²) >= 11 is 0. The van der Waals surface area contributed by atoms with Crippen LogP contribution in [0, 0.1) is 29.1 Å². The van der Waals surface area contributed by atoms with Gasteiger partial charge in [0.15, 0.2) is 23.3 Å². The third kappa shape index (κ3) is 7.45. The molecule has 266 valence electrons. The van der Waals surface area contributed by atoms with E-state index in [1.807, 2.05) is 30.3 Å². The van der Waals surface area contributed by atoms with E-state index in [1.165, 1.54) is 35.1 Å². The van der Waals surface area contributed by atoms with Crippen LogP contribution in [0.4, 0.5) is 27.6 Å². The van der Waals surface area contributed by atoms with Gasteiger partial charge in [0, 0.05) is 18.3 Å². The van der Waals surface area contributed by atoms with Gasteiger partial charge in [-0.3, -0.25) is 9.59 Å². The van der Waals surface area contributed by atoms with Crippen molar-refractivity contribution in [2.45, 2.75) is 70.1 Å². The predicted octanol–water partition coefficient (Wildman–Crippen LogP) is 8.55. The van der Waals surface area contributed by atoms with Gasteiger partial charge in [-0.1, -0.05) is 73.9 Å². The van der Waals surface area contributed by atoms with Crippen molar-refractivity contribution in [1.29, 1.82) is 0 Å². The fraction of sp³-hybridized carbons (Fsp3) is 0.308. The first-order chi connectivity index (χ1) is 24.5. The van der Waals surface area contributed by atoms with Crippen molar-refractivity contribution in [2.75, 3.05) is 11.4 Å². The van der Waals surface area contributed by atoms with E-state index in [9.17, 15) is 41.4 Å². The van der Waals surface area contributed by atoms with Gasteiger partial charge in [0.1, 0.15) is 29.5 Å². The van der Waals surface area contributed by atoms with E-state index in [2.05, 4.69) is 0 Å². The Hall–Kier alpha value is -5.26. The van der Waals surface area contributed by atoms with E-state index in [0.29, 0.717) is 11.5 Å². The molecule has 4 aromatic rings. The Kier molecular flexibility index (Phi) is 10.7. The van der Waals surface area contributed by atoms with Crippen molar-refractivity contribution >= 4 is 23.5 Å². The second-order valence-corrected chi connectivity index (χ2v) is 12.9. The molecule has 4 aromatic carbocycles.